The highest BCUT2D eigenvalue weighted by Crippen LogP contribution is 2.28. The molecule has 1 aliphatic rings. The van der Waals surface area contributed by atoms with Crippen LogP contribution in [0, 0.1) is 6.92 Å². The molecular formula is C12H16ClNOS. The minimum Gasteiger partial charge on any atom is -0.334 e. The van der Waals surface area contributed by atoms with Crippen molar-refractivity contribution >= 4 is 28.8 Å². The summed E-state index contributed by atoms with van der Waals surface area (Å²) in [7, 11) is 0. The Morgan fingerprint density at radius 1 is 1.62 bits per heavy atom. The van der Waals surface area contributed by atoms with Gasteiger partial charge in [0.1, 0.15) is 0 Å². The van der Waals surface area contributed by atoms with Gasteiger partial charge in [0.2, 0.25) is 0 Å². The molecule has 0 N–H and O–H groups in total. The van der Waals surface area contributed by atoms with Crippen LogP contribution in [0.4, 0.5) is 0 Å². The van der Waals surface area contributed by atoms with Gasteiger partial charge in [-0.25, -0.2) is 0 Å². The number of carbonyl (C=O) groups excluding carboxylic acids is 1. The zero-order chi connectivity index (χ0) is 11.5. The van der Waals surface area contributed by atoms with E-state index in [0.717, 1.165) is 23.3 Å². The average molecular weight is 258 g/mol. The third kappa shape index (κ3) is 2.25. The highest BCUT2D eigenvalue weighted by atomic mass is 35.5. The van der Waals surface area contributed by atoms with E-state index in [9.17, 15) is 4.79 Å². The van der Waals surface area contributed by atoms with Crippen LogP contribution in [0.5, 0.6) is 0 Å². The largest absolute Gasteiger partial charge is 0.334 e. The lowest BCUT2D eigenvalue weighted by Crippen LogP contribution is -2.45. The summed E-state index contributed by atoms with van der Waals surface area (Å²) in [5.41, 5.74) is 1.08. The van der Waals surface area contributed by atoms with Crippen molar-refractivity contribution in [3.8, 4) is 0 Å². The van der Waals surface area contributed by atoms with Crippen LogP contribution in [-0.4, -0.2) is 29.3 Å². The molecule has 1 aliphatic carbocycles. The number of rotatable bonds is 4. The maximum Gasteiger partial charge on any atom is 0.264 e. The Morgan fingerprint density at radius 3 is 2.81 bits per heavy atom. The molecule has 2 nitrogen and oxygen atoms in total. The van der Waals surface area contributed by atoms with E-state index in [1.807, 2.05) is 23.3 Å². The summed E-state index contributed by atoms with van der Waals surface area (Å²) in [5, 5.41) is 1.97. The van der Waals surface area contributed by atoms with Crippen LogP contribution in [0.15, 0.2) is 11.4 Å². The molecule has 0 unspecified atom stereocenters. The Bertz CT molecular complexity index is 373. The van der Waals surface area contributed by atoms with E-state index in [-0.39, 0.29) is 5.91 Å². The molecule has 1 aromatic heterocycles. The van der Waals surface area contributed by atoms with Gasteiger partial charge in [0.05, 0.1) is 4.88 Å². The van der Waals surface area contributed by atoms with Crippen LogP contribution < -0.4 is 0 Å². The van der Waals surface area contributed by atoms with Gasteiger partial charge in [-0.1, -0.05) is 0 Å². The molecule has 1 heterocycles. The van der Waals surface area contributed by atoms with Crippen LogP contribution in [0.3, 0.4) is 0 Å². The second-order valence-corrected chi connectivity index (χ2v) is 5.50. The number of hydrogen-bond acceptors (Lipinski definition) is 2. The molecule has 4 heteroatoms. The predicted octanol–water partition coefficient (Wildman–Crippen LogP) is 3.29. The molecule has 0 aromatic carbocycles. The van der Waals surface area contributed by atoms with Crippen molar-refractivity contribution < 1.29 is 4.79 Å². The van der Waals surface area contributed by atoms with Gasteiger partial charge in [0.25, 0.3) is 5.91 Å². The molecule has 2 rings (SSSR count). The highest BCUT2D eigenvalue weighted by molar-refractivity contribution is 7.12. The standard InChI is InChI=1S/C12H16ClNOS/c1-9-5-8-16-11(9)12(15)14(7-6-13)10-3-2-4-10/h5,8,10H,2-4,6-7H2,1H3. The Hall–Kier alpha value is -0.540. The molecular weight excluding hydrogens is 242 g/mol. The van der Waals surface area contributed by atoms with E-state index >= 15 is 0 Å². The number of nitrogens with zero attached hydrogens (tertiary/aromatic N) is 1. The smallest absolute Gasteiger partial charge is 0.264 e. The van der Waals surface area contributed by atoms with Gasteiger partial charge >= 0.3 is 0 Å². The van der Waals surface area contributed by atoms with E-state index in [1.165, 1.54) is 17.8 Å². The Balaban J connectivity index is 2.13. The van der Waals surface area contributed by atoms with Crippen molar-refractivity contribution in [3.63, 3.8) is 0 Å². The summed E-state index contributed by atoms with van der Waals surface area (Å²) >= 11 is 7.31. The molecule has 0 radical (unpaired) electrons. The van der Waals surface area contributed by atoms with E-state index in [4.69, 9.17) is 11.6 Å². The van der Waals surface area contributed by atoms with Crippen molar-refractivity contribution in [3.05, 3.63) is 21.9 Å². The SMILES string of the molecule is Cc1ccsc1C(=O)N(CCCl)C1CCC1. The second kappa shape index (κ2) is 5.19. The van der Waals surface area contributed by atoms with E-state index in [2.05, 4.69) is 0 Å². The molecule has 88 valence electrons. The van der Waals surface area contributed by atoms with E-state index < -0.39 is 0 Å². The molecule has 0 aliphatic heterocycles. The van der Waals surface area contributed by atoms with Crippen LogP contribution >= 0.6 is 22.9 Å². The lowest BCUT2D eigenvalue weighted by Gasteiger charge is -2.37. The topological polar surface area (TPSA) is 20.3 Å². The summed E-state index contributed by atoms with van der Waals surface area (Å²) in [6, 6.07) is 2.42. The fourth-order valence-corrected chi connectivity index (χ4v) is 3.02. The predicted molar refractivity (Wildman–Crippen MR) is 68.5 cm³/mol. The van der Waals surface area contributed by atoms with Crippen LogP contribution in [-0.2, 0) is 0 Å². The second-order valence-electron chi connectivity index (χ2n) is 4.20. The number of aryl methyl sites for hydroxylation is 1. The first-order valence-electron chi connectivity index (χ1n) is 5.65. The van der Waals surface area contributed by atoms with Gasteiger partial charge in [0.15, 0.2) is 0 Å². The number of hydrogen-bond donors (Lipinski definition) is 0. The van der Waals surface area contributed by atoms with Gasteiger partial charge in [-0.2, -0.15) is 0 Å². The minimum atomic E-state index is 0.165. The number of alkyl halides is 1. The highest BCUT2D eigenvalue weighted by Gasteiger charge is 2.29. The minimum absolute atomic E-state index is 0.165. The van der Waals surface area contributed by atoms with E-state index in [0.29, 0.717) is 18.5 Å². The lowest BCUT2D eigenvalue weighted by atomic mass is 9.91. The fraction of sp³-hybridized carbons (Fsp3) is 0.583. The molecule has 1 amide bonds. The summed E-state index contributed by atoms with van der Waals surface area (Å²) in [6.45, 7) is 2.66. The summed E-state index contributed by atoms with van der Waals surface area (Å²) in [6.07, 6.45) is 3.50. The van der Waals surface area contributed by atoms with Gasteiger partial charge in [-0.05, 0) is 43.2 Å². The first-order valence-corrected chi connectivity index (χ1v) is 7.06. The average Bonchev–Trinajstić information content (AvgIpc) is 2.60. The van der Waals surface area contributed by atoms with Crippen LogP contribution in [0.1, 0.15) is 34.5 Å². The maximum absolute atomic E-state index is 12.3. The lowest BCUT2D eigenvalue weighted by molar-refractivity contribution is 0.0602. The zero-order valence-electron chi connectivity index (χ0n) is 9.41. The Morgan fingerprint density at radius 2 is 2.38 bits per heavy atom. The van der Waals surface area contributed by atoms with Crippen molar-refractivity contribution in [1.82, 2.24) is 4.90 Å². The fourth-order valence-electron chi connectivity index (χ4n) is 1.96. The van der Waals surface area contributed by atoms with Gasteiger partial charge in [-0.3, -0.25) is 4.79 Å². The quantitative estimate of drug-likeness (QED) is 0.758. The summed E-state index contributed by atoms with van der Waals surface area (Å²) < 4.78 is 0. The zero-order valence-corrected chi connectivity index (χ0v) is 11.0. The normalized spacial score (nSPS) is 15.9. The summed E-state index contributed by atoms with van der Waals surface area (Å²) in [4.78, 5) is 15.2. The monoisotopic (exact) mass is 257 g/mol. The van der Waals surface area contributed by atoms with Gasteiger partial charge < -0.3 is 4.90 Å². The van der Waals surface area contributed by atoms with Crippen molar-refractivity contribution in [1.29, 1.82) is 0 Å². The Labute approximate surface area is 105 Å². The number of amides is 1. The molecule has 1 aromatic rings. The van der Waals surface area contributed by atoms with Crippen LogP contribution in [0.2, 0.25) is 0 Å². The third-order valence-corrected chi connectivity index (χ3v) is 4.33. The molecule has 0 atom stereocenters. The van der Waals surface area contributed by atoms with Crippen molar-refractivity contribution in [2.75, 3.05) is 12.4 Å². The summed E-state index contributed by atoms with van der Waals surface area (Å²) in [5.74, 6) is 0.685. The third-order valence-electron chi connectivity index (χ3n) is 3.16. The first kappa shape index (κ1) is 11.9. The van der Waals surface area contributed by atoms with E-state index in [1.54, 1.807) is 0 Å². The number of thiophene rings is 1. The first-order chi connectivity index (χ1) is 7.74. The van der Waals surface area contributed by atoms with Crippen LogP contribution in [0.25, 0.3) is 0 Å². The molecule has 1 fully saturated rings. The van der Waals surface area contributed by atoms with Crippen molar-refractivity contribution in [2.24, 2.45) is 0 Å². The number of carbonyl (C=O) groups is 1. The maximum atomic E-state index is 12.3. The van der Waals surface area contributed by atoms with Gasteiger partial charge in [0, 0.05) is 18.5 Å². The van der Waals surface area contributed by atoms with Crippen molar-refractivity contribution in [2.45, 2.75) is 32.2 Å². The number of halogens is 1. The molecule has 0 saturated heterocycles. The van der Waals surface area contributed by atoms with Gasteiger partial charge in [-0.15, -0.1) is 22.9 Å². The molecule has 16 heavy (non-hydrogen) atoms. The molecule has 1 saturated carbocycles. The Kier molecular flexibility index (Phi) is 3.87. The molecule has 0 spiro atoms. The molecule has 0 bridgehead atoms.